The van der Waals surface area contributed by atoms with Gasteiger partial charge in [-0.2, -0.15) is 23.3 Å². The molecule has 1 aromatic carbocycles. The third-order valence-corrected chi connectivity index (χ3v) is 4.24. The number of carbonyl (C=O) groups excluding carboxylic acids is 1. The lowest BCUT2D eigenvalue weighted by molar-refractivity contribution is -0.141. The largest absolute Gasteiger partial charge is 0.463 e. The Morgan fingerprint density at radius 2 is 2.04 bits per heavy atom. The minimum atomic E-state index is -4.58. The van der Waals surface area contributed by atoms with Gasteiger partial charge >= 0.3 is 12.1 Å². The summed E-state index contributed by atoms with van der Waals surface area (Å²) in [5.74, 6) is -0.384. The highest BCUT2D eigenvalue weighted by Gasteiger charge is 2.41. The molecular formula is C18H19F3N4O2. The number of aromatic nitrogens is 3. The molecule has 1 aliphatic heterocycles. The highest BCUT2D eigenvalue weighted by Crippen LogP contribution is 2.42. The number of esters is 1. The Morgan fingerprint density at radius 3 is 2.70 bits per heavy atom. The van der Waals surface area contributed by atoms with Crippen LogP contribution in [0.15, 0.2) is 41.9 Å². The zero-order valence-electron chi connectivity index (χ0n) is 14.9. The topological polar surface area (TPSA) is 69.0 Å². The Labute approximate surface area is 154 Å². The smallest absolute Gasteiger partial charge is 0.416 e. The predicted octanol–water partition coefficient (Wildman–Crippen LogP) is 3.93. The van der Waals surface area contributed by atoms with Crippen LogP contribution in [0.1, 0.15) is 43.9 Å². The van der Waals surface area contributed by atoms with Gasteiger partial charge in [0, 0.05) is 5.70 Å². The van der Waals surface area contributed by atoms with Crippen molar-refractivity contribution in [2.45, 2.75) is 38.9 Å². The van der Waals surface area contributed by atoms with Gasteiger partial charge in [0.25, 0.3) is 0 Å². The lowest BCUT2D eigenvalue weighted by Gasteiger charge is -2.30. The van der Waals surface area contributed by atoms with Crippen LogP contribution < -0.4 is 5.32 Å². The van der Waals surface area contributed by atoms with E-state index in [-0.39, 0.29) is 23.7 Å². The number of allylic oxidation sites excluding steroid dienone is 1. The molecule has 9 heteroatoms. The van der Waals surface area contributed by atoms with Crippen molar-refractivity contribution in [1.82, 2.24) is 14.8 Å². The minimum absolute atomic E-state index is 0.0742. The minimum Gasteiger partial charge on any atom is -0.463 e. The quantitative estimate of drug-likeness (QED) is 0.796. The van der Waals surface area contributed by atoms with Gasteiger partial charge in [-0.25, -0.2) is 9.48 Å². The molecule has 1 N–H and O–H groups in total. The van der Waals surface area contributed by atoms with Crippen molar-refractivity contribution >= 4 is 11.9 Å². The molecule has 1 aromatic heterocycles. The SMILES string of the molecule is CCCC1=C(C(=O)OCC)[C@@H](c2ccccc2C(F)(F)F)n2ncnc2N1. The van der Waals surface area contributed by atoms with Crippen LogP contribution in [0.3, 0.4) is 0 Å². The van der Waals surface area contributed by atoms with Crippen LogP contribution >= 0.6 is 0 Å². The average Bonchev–Trinajstić information content (AvgIpc) is 3.08. The van der Waals surface area contributed by atoms with Crippen LogP contribution in [-0.2, 0) is 15.7 Å². The first-order valence-electron chi connectivity index (χ1n) is 8.61. The van der Waals surface area contributed by atoms with Crippen LogP contribution in [-0.4, -0.2) is 27.3 Å². The Bertz CT molecular complexity index is 873. The lowest BCUT2D eigenvalue weighted by atomic mass is 9.90. The van der Waals surface area contributed by atoms with Crippen LogP contribution in [0.25, 0.3) is 0 Å². The van der Waals surface area contributed by atoms with Crippen molar-refractivity contribution in [3.05, 3.63) is 53.0 Å². The van der Waals surface area contributed by atoms with E-state index in [4.69, 9.17) is 4.74 Å². The van der Waals surface area contributed by atoms with E-state index >= 15 is 0 Å². The molecule has 1 atom stereocenters. The molecule has 0 fully saturated rings. The maximum absolute atomic E-state index is 13.6. The van der Waals surface area contributed by atoms with Crippen molar-refractivity contribution in [2.24, 2.45) is 0 Å². The number of hydrogen-bond acceptors (Lipinski definition) is 5. The van der Waals surface area contributed by atoms with Crippen molar-refractivity contribution in [2.75, 3.05) is 11.9 Å². The molecule has 1 aliphatic rings. The summed E-state index contributed by atoms with van der Waals surface area (Å²) in [6.45, 7) is 3.67. The van der Waals surface area contributed by atoms with Crippen LogP contribution in [0.5, 0.6) is 0 Å². The van der Waals surface area contributed by atoms with Crippen molar-refractivity contribution < 1.29 is 22.7 Å². The molecule has 0 saturated heterocycles. The summed E-state index contributed by atoms with van der Waals surface area (Å²) in [6.07, 6.45) is -2.19. The van der Waals surface area contributed by atoms with Gasteiger partial charge in [0.15, 0.2) is 0 Å². The van der Waals surface area contributed by atoms with Gasteiger partial charge in [-0.3, -0.25) is 0 Å². The second-order valence-corrected chi connectivity index (χ2v) is 6.00. The third kappa shape index (κ3) is 3.54. The number of nitrogens with one attached hydrogen (secondary N) is 1. The molecule has 2 heterocycles. The van der Waals surface area contributed by atoms with E-state index in [1.54, 1.807) is 6.92 Å². The molecule has 27 heavy (non-hydrogen) atoms. The number of rotatable bonds is 5. The van der Waals surface area contributed by atoms with Gasteiger partial charge in [-0.1, -0.05) is 31.5 Å². The molecule has 0 spiro atoms. The van der Waals surface area contributed by atoms with Gasteiger partial charge in [-0.05, 0) is 25.0 Å². The van der Waals surface area contributed by atoms with Crippen LogP contribution in [0.4, 0.5) is 19.1 Å². The summed E-state index contributed by atoms with van der Waals surface area (Å²) in [7, 11) is 0. The number of anilines is 1. The van der Waals surface area contributed by atoms with Gasteiger partial charge < -0.3 is 10.1 Å². The number of carbonyl (C=O) groups is 1. The molecule has 6 nitrogen and oxygen atoms in total. The Kier molecular flexibility index (Phi) is 5.20. The highest BCUT2D eigenvalue weighted by atomic mass is 19.4. The monoisotopic (exact) mass is 380 g/mol. The number of nitrogens with zero attached hydrogens (tertiary/aromatic N) is 3. The molecule has 3 rings (SSSR count). The molecular weight excluding hydrogens is 361 g/mol. The number of alkyl halides is 3. The lowest BCUT2D eigenvalue weighted by Crippen LogP contribution is -2.31. The Morgan fingerprint density at radius 1 is 1.30 bits per heavy atom. The number of ether oxygens (including phenoxy) is 1. The van der Waals surface area contributed by atoms with E-state index in [9.17, 15) is 18.0 Å². The van der Waals surface area contributed by atoms with Crippen LogP contribution in [0.2, 0.25) is 0 Å². The van der Waals surface area contributed by atoms with E-state index < -0.39 is 23.8 Å². The standard InChI is InChI=1S/C18H19F3N4O2/c1-3-7-13-14(16(26)27-4-2)15(25-17(24-13)22-10-23-25)11-8-5-6-9-12(11)18(19,20)21/h5-6,8-10,15H,3-4,7H2,1-2H3,(H,22,23,24)/t15-/m1/s1. The van der Waals surface area contributed by atoms with Gasteiger partial charge in [0.1, 0.15) is 12.4 Å². The second kappa shape index (κ2) is 7.42. The van der Waals surface area contributed by atoms with Gasteiger partial charge in [0.05, 0.1) is 17.7 Å². The average molecular weight is 380 g/mol. The number of hydrogen-bond donors (Lipinski definition) is 1. The normalized spacial score (nSPS) is 16.7. The first-order valence-corrected chi connectivity index (χ1v) is 8.61. The molecule has 0 amide bonds. The zero-order chi connectivity index (χ0) is 19.6. The molecule has 0 saturated carbocycles. The summed E-state index contributed by atoms with van der Waals surface area (Å²) < 4.78 is 47.3. The zero-order valence-corrected chi connectivity index (χ0v) is 14.9. The van der Waals surface area contributed by atoms with E-state index in [0.29, 0.717) is 18.5 Å². The Balaban J connectivity index is 2.26. The number of fused-ring (bicyclic) bond motifs is 1. The van der Waals surface area contributed by atoms with Gasteiger partial charge in [-0.15, -0.1) is 0 Å². The highest BCUT2D eigenvalue weighted by molar-refractivity contribution is 5.92. The van der Waals surface area contributed by atoms with Gasteiger partial charge in [0.2, 0.25) is 5.95 Å². The molecule has 144 valence electrons. The summed E-state index contributed by atoms with van der Waals surface area (Å²) in [6, 6.07) is 4.09. The van der Waals surface area contributed by atoms with Crippen molar-refractivity contribution in [1.29, 1.82) is 0 Å². The first-order chi connectivity index (χ1) is 12.9. The molecule has 0 bridgehead atoms. The summed E-state index contributed by atoms with van der Waals surface area (Å²) >= 11 is 0. The van der Waals surface area contributed by atoms with Crippen molar-refractivity contribution in [3.8, 4) is 0 Å². The summed E-state index contributed by atoms with van der Waals surface area (Å²) in [4.78, 5) is 16.8. The number of halogens is 3. The molecule has 0 radical (unpaired) electrons. The third-order valence-electron chi connectivity index (χ3n) is 4.24. The van der Waals surface area contributed by atoms with E-state index in [1.165, 1.54) is 29.2 Å². The molecule has 0 unspecified atom stereocenters. The maximum Gasteiger partial charge on any atom is 0.416 e. The number of benzene rings is 1. The van der Waals surface area contributed by atoms with E-state index in [0.717, 1.165) is 6.07 Å². The molecule has 2 aromatic rings. The van der Waals surface area contributed by atoms with E-state index in [1.807, 2.05) is 6.92 Å². The fraction of sp³-hybridized carbons (Fsp3) is 0.389. The fourth-order valence-corrected chi connectivity index (χ4v) is 3.19. The predicted molar refractivity (Wildman–Crippen MR) is 91.8 cm³/mol. The van der Waals surface area contributed by atoms with Crippen LogP contribution in [0, 0.1) is 0 Å². The summed E-state index contributed by atoms with van der Waals surface area (Å²) in [5, 5.41) is 7.07. The van der Waals surface area contributed by atoms with E-state index in [2.05, 4.69) is 15.4 Å². The Hall–Kier alpha value is -2.84. The first kappa shape index (κ1) is 18.9. The summed E-state index contributed by atoms with van der Waals surface area (Å²) in [5.41, 5.74) is -0.280. The van der Waals surface area contributed by atoms with Crippen molar-refractivity contribution in [3.63, 3.8) is 0 Å². The maximum atomic E-state index is 13.6. The second-order valence-electron chi connectivity index (χ2n) is 6.00. The fourth-order valence-electron chi connectivity index (χ4n) is 3.19. The molecule has 0 aliphatic carbocycles.